The largest absolute Gasteiger partial charge is 0.507 e. The number of halogens is 3. The molecule has 6 heteroatoms. The molecule has 4 rings (SSSR count). The fraction of sp³-hybridized carbons (Fsp3) is 0.0417. The van der Waals surface area contributed by atoms with Crippen LogP contribution in [0.15, 0.2) is 84.9 Å². The average molecular weight is 407 g/mol. The minimum atomic E-state index is -4.42. The molecule has 3 nitrogen and oxygen atoms in total. The Labute approximate surface area is 170 Å². The summed E-state index contributed by atoms with van der Waals surface area (Å²) in [6, 6.07) is 21.5. The maximum atomic E-state index is 12.9. The molecule has 4 aromatic rings. The van der Waals surface area contributed by atoms with Crippen LogP contribution in [0.1, 0.15) is 5.56 Å². The highest BCUT2D eigenvalue weighted by Crippen LogP contribution is 2.37. The van der Waals surface area contributed by atoms with Gasteiger partial charge in [-0.25, -0.2) is 4.98 Å². The Hall–Kier alpha value is -3.80. The first-order valence-corrected chi connectivity index (χ1v) is 9.09. The van der Waals surface area contributed by atoms with Crippen molar-refractivity contribution in [2.45, 2.75) is 6.18 Å². The van der Waals surface area contributed by atoms with E-state index in [1.165, 1.54) is 24.3 Å². The summed E-state index contributed by atoms with van der Waals surface area (Å²) in [6.45, 7) is 0. The zero-order chi connectivity index (χ0) is 21.3. The van der Waals surface area contributed by atoms with Crippen molar-refractivity contribution in [2.75, 3.05) is 0 Å². The molecule has 0 aliphatic rings. The third kappa shape index (κ3) is 3.85. The zero-order valence-electron chi connectivity index (χ0n) is 15.6. The van der Waals surface area contributed by atoms with E-state index in [1.807, 2.05) is 0 Å². The zero-order valence-corrected chi connectivity index (χ0v) is 15.6. The minimum Gasteiger partial charge on any atom is -0.507 e. The predicted octanol–water partition coefficient (Wildman–Crippen LogP) is 6.51. The van der Waals surface area contributed by atoms with Crippen molar-refractivity contribution in [3.05, 3.63) is 90.5 Å². The van der Waals surface area contributed by atoms with Crippen LogP contribution in [0, 0.1) is 0 Å². The van der Waals surface area contributed by atoms with Crippen LogP contribution in [-0.4, -0.2) is 15.2 Å². The van der Waals surface area contributed by atoms with Crippen LogP contribution >= 0.6 is 0 Å². The summed E-state index contributed by atoms with van der Waals surface area (Å²) in [4.78, 5) is 4.58. The van der Waals surface area contributed by atoms with Gasteiger partial charge in [0.05, 0.1) is 17.0 Å². The molecule has 2 N–H and O–H groups in total. The molecule has 1 aromatic heterocycles. The van der Waals surface area contributed by atoms with Crippen molar-refractivity contribution in [3.8, 4) is 45.1 Å². The number of benzene rings is 3. The molecule has 0 amide bonds. The Balaban J connectivity index is 1.90. The summed E-state index contributed by atoms with van der Waals surface area (Å²) in [6.07, 6.45) is -4.42. The van der Waals surface area contributed by atoms with Gasteiger partial charge in [-0.05, 0) is 59.7 Å². The van der Waals surface area contributed by atoms with Gasteiger partial charge in [-0.3, -0.25) is 0 Å². The smallest absolute Gasteiger partial charge is 0.416 e. The van der Waals surface area contributed by atoms with Gasteiger partial charge in [0.15, 0.2) is 0 Å². The minimum absolute atomic E-state index is 0.0257. The Kier molecular flexibility index (Phi) is 4.91. The average Bonchev–Trinajstić information content (AvgIpc) is 2.73. The second kappa shape index (κ2) is 7.55. The molecule has 0 saturated heterocycles. The van der Waals surface area contributed by atoms with Crippen molar-refractivity contribution in [1.82, 2.24) is 4.98 Å². The van der Waals surface area contributed by atoms with E-state index in [1.54, 1.807) is 48.5 Å². The first kappa shape index (κ1) is 19.5. The van der Waals surface area contributed by atoms with Crippen molar-refractivity contribution in [1.29, 1.82) is 0 Å². The van der Waals surface area contributed by atoms with Gasteiger partial charge in [-0.1, -0.05) is 36.4 Å². The number of pyridine rings is 1. The molecule has 150 valence electrons. The lowest BCUT2D eigenvalue weighted by molar-refractivity contribution is -0.137. The normalized spacial score (nSPS) is 11.4. The molecular weight excluding hydrogens is 391 g/mol. The predicted molar refractivity (Wildman–Crippen MR) is 109 cm³/mol. The topological polar surface area (TPSA) is 53.4 Å². The van der Waals surface area contributed by atoms with Gasteiger partial charge in [-0.15, -0.1) is 0 Å². The van der Waals surface area contributed by atoms with Crippen molar-refractivity contribution >= 4 is 0 Å². The van der Waals surface area contributed by atoms with Crippen LogP contribution in [0.4, 0.5) is 13.2 Å². The quantitative estimate of drug-likeness (QED) is 0.407. The highest BCUT2D eigenvalue weighted by Gasteiger charge is 2.30. The summed E-state index contributed by atoms with van der Waals surface area (Å²) in [5.41, 5.74) is 2.24. The van der Waals surface area contributed by atoms with Crippen LogP contribution in [0.3, 0.4) is 0 Å². The Morgan fingerprint density at radius 3 is 1.50 bits per heavy atom. The first-order chi connectivity index (χ1) is 14.3. The number of nitrogens with zero attached hydrogens (tertiary/aromatic N) is 1. The molecule has 0 radical (unpaired) electrons. The molecule has 0 spiro atoms. The molecular formula is C24H16F3NO2. The van der Waals surface area contributed by atoms with Crippen LogP contribution in [0.2, 0.25) is 0 Å². The maximum absolute atomic E-state index is 12.9. The fourth-order valence-corrected chi connectivity index (χ4v) is 3.21. The van der Waals surface area contributed by atoms with Crippen molar-refractivity contribution < 1.29 is 23.4 Å². The van der Waals surface area contributed by atoms with Crippen LogP contribution in [0.5, 0.6) is 11.5 Å². The molecule has 3 aromatic carbocycles. The Morgan fingerprint density at radius 2 is 1.07 bits per heavy atom. The number of hydrogen-bond donors (Lipinski definition) is 2. The lowest BCUT2D eigenvalue weighted by atomic mass is 9.98. The van der Waals surface area contributed by atoms with Gasteiger partial charge in [0.1, 0.15) is 11.5 Å². The number of rotatable bonds is 3. The van der Waals surface area contributed by atoms with E-state index in [0.29, 0.717) is 33.6 Å². The summed E-state index contributed by atoms with van der Waals surface area (Å²) >= 11 is 0. The molecule has 0 fully saturated rings. The van der Waals surface area contributed by atoms with E-state index in [9.17, 15) is 23.4 Å². The number of para-hydroxylation sites is 2. The second-order valence-corrected chi connectivity index (χ2v) is 6.74. The maximum Gasteiger partial charge on any atom is 0.416 e. The summed E-state index contributed by atoms with van der Waals surface area (Å²) in [5, 5.41) is 20.5. The summed E-state index contributed by atoms with van der Waals surface area (Å²) in [5.74, 6) is 0.0515. The highest BCUT2D eigenvalue weighted by molar-refractivity contribution is 5.79. The molecule has 0 bridgehead atoms. The van der Waals surface area contributed by atoms with E-state index in [-0.39, 0.29) is 11.5 Å². The molecule has 0 aliphatic heterocycles. The van der Waals surface area contributed by atoms with E-state index < -0.39 is 11.7 Å². The lowest BCUT2D eigenvalue weighted by Crippen LogP contribution is -2.04. The standard InChI is InChI=1S/C24H16F3NO2/c25-24(26,27)17-11-9-15(10-12-17)16-13-20(18-5-1-3-7-22(18)29)28-21(14-16)19-6-2-4-8-23(19)30/h1-14,29-30H. The van der Waals surface area contributed by atoms with Gasteiger partial charge in [-0.2, -0.15) is 13.2 Å². The third-order valence-corrected chi connectivity index (χ3v) is 4.73. The molecule has 0 aliphatic carbocycles. The summed E-state index contributed by atoms with van der Waals surface area (Å²) < 4.78 is 38.7. The number of hydrogen-bond acceptors (Lipinski definition) is 3. The number of aromatic nitrogens is 1. The van der Waals surface area contributed by atoms with Crippen LogP contribution in [-0.2, 0) is 6.18 Å². The molecule has 0 saturated carbocycles. The summed E-state index contributed by atoms with van der Waals surface area (Å²) in [7, 11) is 0. The van der Waals surface area contributed by atoms with E-state index >= 15 is 0 Å². The van der Waals surface area contributed by atoms with Gasteiger partial charge < -0.3 is 10.2 Å². The van der Waals surface area contributed by atoms with Crippen molar-refractivity contribution in [2.24, 2.45) is 0 Å². The van der Waals surface area contributed by atoms with Crippen LogP contribution in [0.25, 0.3) is 33.6 Å². The van der Waals surface area contributed by atoms with Gasteiger partial charge in [0.2, 0.25) is 0 Å². The number of aromatic hydroxyl groups is 2. The third-order valence-electron chi connectivity index (χ3n) is 4.73. The number of alkyl halides is 3. The Bertz CT molecular complexity index is 1140. The van der Waals surface area contributed by atoms with Gasteiger partial charge >= 0.3 is 6.18 Å². The fourth-order valence-electron chi connectivity index (χ4n) is 3.21. The number of phenols is 2. The Morgan fingerprint density at radius 1 is 0.600 bits per heavy atom. The first-order valence-electron chi connectivity index (χ1n) is 9.09. The SMILES string of the molecule is Oc1ccccc1-c1cc(-c2ccc(C(F)(F)F)cc2)cc(-c2ccccc2O)n1. The van der Waals surface area contributed by atoms with Gasteiger partial charge in [0.25, 0.3) is 0 Å². The van der Waals surface area contributed by atoms with E-state index in [4.69, 9.17) is 0 Å². The number of phenolic OH excluding ortho intramolecular Hbond substituents is 2. The van der Waals surface area contributed by atoms with Crippen molar-refractivity contribution in [3.63, 3.8) is 0 Å². The highest BCUT2D eigenvalue weighted by atomic mass is 19.4. The second-order valence-electron chi connectivity index (χ2n) is 6.74. The van der Waals surface area contributed by atoms with Crippen LogP contribution < -0.4 is 0 Å². The van der Waals surface area contributed by atoms with E-state index in [0.717, 1.165) is 12.1 Å². The van der Waals surface area contributed by atoms with Gasteiger partial charge in [0, 0.05) is 11.1 Å². The van der Waals surface area contributed by atoms with E-state index in [2.05, 4.69) is 4.98 Å². The lowest BCUT2D eigenvalue weighted by Gasteiger charge is -2.13. The molecule has 30 heavy (non-hydrogen) atoms. The molecule has 0 atom stereocenters. The molecule has 0 unspecified atom stereocenters. The molecule has 1 heterocycles. The monoisotopic (exact) mass is 407 g/mol.